The molecular formula is C21H27N5O3. The quantitative estimate of drug-likeness (QED) is 0.807. The van der Waals surface area contributed by atoms with E-state index in [1.165, 1.54) is 12.8 Å². The third-order valence-electron chi connectivity index (χ3n) is 5.83. The third-order valence-corrected chi connectivity index (χ3v) is 5.83. The van der Waals surface area contributed by atoms with Gasteiger partial charge in [0.05, 0.1) is 5.92 Å². The molecule has 1 aromatic carbocycles. The van der Waals surface area contributed by atoms with E-state index in [2.05, 4.69) is 20.8 Å². The lowest BCUT2D eigenvalue weighted by molar-refractivity contribution is 0.0946. The average molecular weight is 397 g/mol. The number of amides is 3. The van der Waals surface area contributed by atoms with E-state index in [-0.39, 0.29) is 29.8 Å². The number of rotatable bonds is 5. The first-order valence-electron chi connectivity index (χ1n) is 10.3. The number of hydrogen-bond acceptors (Lipinski definition) is 5. The van der Waals surface area contributed by atoms with Crippen LogP contribution in [0.3, 0.4) is 0 Å². The summed E-state index contributed by atoms with van der Waals surface area (Å²) in [5.41, 5.74) is 0.617. The van der Waals surface area contributed by atoms with Gasteiger partial charge in [-0.3, -0.25) is 4.79 Å². The molecule has 0 spiro atoms. The van der Waals surface area contributed by atoms with Gasteiger partial charge in [0.25, 0.3) is 5.91 Å². The molecule has 1 aromatic heterocycles. The topological polar surface area (TPSA) is 100 Å². The standard InChI is InChI=1S/C21H27N5O3/c1-14-24-25-20(29-14)18-13-26(21(28)23-17-9-5-6-10-17)12-16(18)11-22-19(27)15-7-3-2-4-8-15/h2-4,7-8,16-18H,5-6,9-13H2,1H3,(H,22,27)(H,23,28)/t16-,18-/m0/s1. The zero-order chi connectivity index (χ0) is 20.2. The highest BCUT2D eigenvalue weighted by molar-refractivity contribution is 5.94. The summed E-state index contributed by atoms with van der Waals surface area (Å²) in [5.74, 6) is 0.817. The monoisotopic (exact) mass is 397 g/mol. The van der Waals surface area contributed by atoms with Crippen LogP contribution in [0.1, 0.15) is 53.7 Å². The summed E-state index contributed by atoms with van der Waals surface area (Å²) in [6.07, 6.45) is 4.43. The first-order valence-corrected chi connectivity index (χ1v) is 10.3. The molecule has 4 rings (SSSR count). The van der Waals surface area contributed by atoms with Crippen LogP contribution in [-0.2, 0) is 0 Å². The van der Waals surface area contributed by atoms with E-state index >= 15 is 0 Å². The van der Waals surface area contributed by atoms with Gasteiger partial charge in [0.15, 0.2) is 0 Å². The minimum Gasteiger partial charge on any atom is -0.425 e. The fourth-order valence-electron chi connectivity index (χ4n) is 4.24. The third kappa shape index (κ3) is 4.58. The molecular weight excluding hydrogens is 370 g/mol. The van der Waals surface area contributed by atoms with Crippen molar-refractivity contribution in [3.05, 3.63) is 47.7 Å². The zero-order valence-corrected chi connectivity index (χ0v) is 16.6. The molecule has 8 nitrogen and oxygen atoms in total. The lowest BCUT2D eigenvalue weighted by Crippen LogP contribution is -2.43. The second kappa shape index (κ2) is 8.63. The number of aryl methyl sites for hydroxylation is 1. The highest BCUT2D eigenvalue weighted by Gasteiger charge is 2.39. The molecule has 8 heteroatoms. The molecule has 2 N–H and O–H groups in total. The molecule has 2 aliphatic rings. The van der Waals surface area contributed by atoms with Gasteiger partial charge in [-0.15, -0.1) is 10.2 Å². The number of nitrogens with one attached hydrogen (secondary N) is 2. The van der Waals surface area contributed by atoms with Crippen LogP contribution >= 0.6 is 0 Å². The van der Waals surface area contributed by atoms with Crippen molar-refractivity contribution in [1.29, 1.82) is 0 Å². The van der Waals surface area contributed by atoms with Gasteiger partial charge in [-0.25, -0.2) is 4.79 Å². The molecule has 3 amide bonds. The van der Waals surface area contributed by atoms with Crippen LogP contribution in [0.25, 0.3) is 0 Å². The lowest BCUT2D eigenvalue weighted by atomic mass is 9.96. The van der Waals surface area contributed by atoms with Crippen molar-refractivity contribution < 1.29 is 14.0 Å². The maximum absolute atomic E-state index is 12.7. The van der Waals surface area contributed by atoms with Crippen LogP contribution in [0.15, 0.2) is 34.7 Å². The van der Waals surface area contributed by atoms with E-state index in [0.29, 0.717) is 37.0 Å². The van der Waals surface area contributed by atoms with Gasteiger partial charge in [0.2, 0.25) is 11.8 Å². The van der Waals surface area contributed by atoms with Crippen molar-refractivity contribution >= 4 is 11.9 Å². The number of carbonyl (C=O) groups excluding carboxylic acids is 2. The Morgan fingerprint density at radius 1 is 1.14 bits per heavy atom. The second-order valence-corrected chi connectivity index (χ2v) is 7.94. The molecule has 1 saturated heterocycles. The predicted molar refractivity (Wildman–Crippen MR) is 106 cm³/mol. The van der Waals surface area contributed by atoms with Gasteiger partial charge in [0, 0.05) is 44.1 Å². The largest absolute Gasteiger partial charge is 0.425 e. The van der Waals surface area contributed by atoms with Gasteiger partial charge in [-0.05, 0) is 25.0 Å². The van der Waals surface area contributed by atoms with Crippen molar-refractivity contribution in [2.75, 3.05) is 19.6 Å². The molecule has 2 aromatic rings. The lowest BCUT2D eigenvalue weighted by Gasteiger charge is -2.20. The Balaban J connectivity index is 1.42. The first-order chi connectivity index (χ1) is 14.1. The number of nitrogens with zero attached hydrogens (tertiary/aromatic N) is 3. The van der Waals surface area contributed by atoms with Crippen molar-refractivity contribution in [2.24, 2.45) is 5.92 Å². The van der Waals surface area contributed by atoms with Gasteiger partial charge in [0.1, 0.15) is 0 Å². The summed E-state index contributed by atoms with van der Waals surface area (Å²) in [6, 6.07) is 9.34. The van der Waals surface area contributed by atoms with Gasteiger partial charge >= 0.3 is 6.03 Å². The summed E-state index contributed by atoms with van der Waals surface area (Å²) in [4.78, 5) is 27.0. The Kier molecular flexibility index (Phi) is 5.78. The van der Waals surface area contributed by atoms with E-state index in [1.807, 2.05) is 23.1 Å². The van der Waals surface area contributed by atoms with Crippen LogP contribution in [-0.4, -0.2) is 52.7 Å². The number of aromatic nitrogens is 2. The Morgan fingerprint density at radius 3 is 2.59 bits per heavy atom. The van der Waals surface area contributed by atoms with Crippen LogP contribution in [0.2, 0.25) is 0 Å². The Hall–Kier alpha value is -2.90. The molecule has 29 heavy (non-hydrogen) atoms. The molecule has 2 heterocycles. The molecule has 1 saturated carbocycles. The van der Waals surface area contributed by atoms with Gasteiger partial charge in [-0.2, -0.15) is 0 Å². The average Bonchev–Trinajstić information content (AvgIpc) is 3.47. The molecule has 1 aliphatic carbocycles. The van der Waals surface area contributed by atoms with Gasteiger partial charge < -0.3 is 20.0 Å². The smallest absolute Gasteiger partial charge is 0.317 e. The summed E-state index contributed by atoms with van der Waals surface area (Å²) < 4.78 is 5.66. The Labute approximate surface area is 170 Å². The number of urea groups is 1. The van der Waals surface area contributed by atoms with Crippen LogP contribution in [0, 0.1) is 12.8 Å². The van der Waals surface area contributed by atoms with Crippen LogP contribution in [0.4, 0.5) is 4.79 Å². The predicted octanol–water partition coefficient (Wildman–Crippen LogP) is 2.48. The maximum Gasteiger partial charge on any atom is 0.317 e. The van der Waals surface area contributed by atoms with Crippen molar-refractivity contribution in [1.82, 2.24) is 25.7 Å². The summed E-state index contributed by atoms with van der Waals surface area (Å²) in [7, 11) is 0. The molecule has 0 unspecified atom stereocenters. The highest BCUT2D eigenvalue weighted by Crippen LogP contribution is 2.32. The molecule has 0 bridgehead atoms. The van der Waals surface area contributed by atoms with Crippen LogP contribution < -0.4 is 10.6 Å². The number of benzene rings is 1. The fourth-order valence-corrected chi connectivity index (χ4v) is 4.24. The SMILES string of the molecule is Cc1nnc([C@H]2CN(C(=O)NC3CCCC3)C[C@@H]2CNC(=O)c2ccccc2)o1. The minimum atomic E-state index is -0.125. The van der Waals surface area contributed by atoms with E-state index in [1.54, 1.807) is 19.1 Å². The summed E-state index contributed by atoms with van der Waals surface area (Å²) >= 11 is 0. The van der Waals surface area contributed by atoms with E-state index in [0.717, 1.165) is 12.8 Å². The van der Waals surface area contributed by atoms with Gasteiger partial charge in [-0.1, -0.05) is 31.0 Å². The summed E-state index contributed by atoms with van der Waals surface area (Å²) in [5, 5.41) is 14.2. The normalized spacial score (nSPS) is 22.0. The maximum atomic E-state index is 12.7. The molecule has 2 fully saturated rings. The van der Waals surface area contributed by atoms with Crippen molar-refractivity contribution in [3.8, 4) is 0 Å². The number of carbonyl (C=O) groups is 2. The van der Waals surface area contributed by atoms with E-state index < -0.39 is 0 Å². The molecule has 0 radical (unpaired) electrons. The minimum absolute atomic E-state index is 0.0110. The van der Waals surface area contributed by atoms with E-state index in [4.69, 9.17) is 4.42 Å². The molecule has 1 aliphatic heterocycles. The number of hydrogen-bond donors (Lipinski definition) is 2. The van der Waals surface area contributed by atoms with Crippen molar-refractivity contribution in [2.45, 2.75) is 44.6 Å². The first kappa shape index (κ1) is 19.4. The second-order valence-electron chi connectivity index (χ2n) is 7.94. The fraction of sp³-hybridized carbons (Fsp3) is 0.524. The zero-order valence-electron chi connectivity index (χ0n) is 16.6. The highest BCUT2D eigenvalue weighted by atomic mass is 16.4. The van der Waals surface area contributed by atoms with E-state index in [9.17, 15) is 9.59 Å². The van der Waals surface area contributed by atoms with Crippen molar-refractivity contribution in [3.63, 3.8) is 0 Å². The summed E-state index contributed by atoms with van der Waals surface area (Å²) in [6.45, 7) is 3.24. The molecule has 154 valence electrons. The molecule has 2 atom stereocenters. The number of likely N-dealkylation sites (tertiary alicyclic amines) is 1. The van der Waals surface area contributed by atoms with Crippen LogP contribution in [0.5, 0.6) is 0 Å². The Bertz CT molecular complexity index is 847. The Morgan fingerprint density at radius 2 is 1.90 bits per heavy atom.